The van der Waals surface area contributed by atoms with Crippen LogP contribution in [0, 0.1) is 0 Å². The largest absolute Gasteiger partial charge is 0.497 e. The van der Waals surface area contributed by atoms with E-state index in [0.717, 1.165) is 50.3 Å². The SMILES string of the molecule is COc1cccc(Cc2cccc([C@@H]3CCCN(C4CCN(C(C)=O)CC4)C3)n2)c1. The molecular formula is C25H33N3O2. The molecule has 5 heteroatoms. The number of pyridine rings is 1. The van der Waals surface area contributed by atoms with Crippen LogP contribution in [-0.4, -0.2) is 60.0 Å². The number of aromatic nitrogens is 1. The molecule has 1 aromatic carbocycles. The van der Waals surface area contributed by atoms with E-state index in [1.165, 1.54) is 30.6 Å². The average molecular weight is 408 g/mol. The minimum atomic E-state index is 0.210. The van der Waals surface area contributed by atoms with Gasteiger partial charge in [0.2, 0.25) is 5.91 Å². The van der Waals surface area contributed by atoms with Crippen molar-refractivity contribution in [1.29, 1.82) is 0 Å². The molecule has 0 radical (unpaired) electrons. The molecule has 3 heterocycles. The van der Waals surface area contributed by atoms with Gasteiger partial charge in [0.15, 0.2) is 0 Å². The Hall–Kier alpha value is -2.40. The quantitative estimate of drug-likeness (QED) is 0.755. The number of rotatable bonds is 5. The molecule has 1 amide bonds. The molecule has 2 aliphatic heterocycles. The van der Waals surface area contributed by atoms with E-state index in [-0.39, 0.29) is 5.91 Å². The number of methoxy groups -OCH3 is 1. The summed E-state index contributed by atoms with van der Waals surface area (Å²) < 4.78 is 5.35. The van der Waals surface area contributed by atoms with Crippen molar-refractivity contribution in [2.45, 2.75) is 51.0 Å². The summed E-state index contributed by atoms with van der Waals surface area (Å²) in [6.07, 6.45) is 5.44. The van der Waals surface area contributed by atoms with Gasteiger partial charge < -0.3 is 9.64 Å². The van der Waals surface area contributed by atoms with E-state index in [1.807, 2.05) is 17.0 Å². The summed E-state index contributed by atoms with van der Waals surface area (Å²) in [7, 11) is 1.71. The molecule has 0 bridgehead atoms. The minimum Gasteiger partial charge on any atom is -0.497 e. The van der Waals surface area contributed by atoms with E-state index in [2.05, 4.69) is 35.2 Å². The van der Waals surface area contributed by atoms with Gasteiger partial charge in [0, 0.05) is 56.3 Å². The molecule has 2 aromatic rings. The molecule has 2 fully saturated rings. The van der Waals surface area contributed by atoms with E-state index in [0.29, 0.717) is 12.0 Å². The number of piperidine rings is 2. The van der Waals surface area contributed by atoms with E-state index >= 15 is 0 Å². The number of ether oxygens (including phenoxy) is 1. The number of hydrogen-bond acceptors (Lipinski definition) is 4. The lowest BCUT2D eigenvalue weighted by Crippen LogP contribution is -2.49. The predicted molar refractivity (Wildman–Crippen MR) is 119 cm³/mol. The first-order chi connectivity index (χ1) is 14.6. The van der Waals surface area contributed by atoms with E-state index in [1.54, 1.807) is 14.0 Å². The Morgan fingerprint density at radius 1 is 1.10 bits per heavy atom. The smallest absolute Gasteiger partial charge is 0.219 e. The number of hydrogen-bond donors (Lipinski definition) is 0. The molecule has 0 N–H and O–H groups in total. The average Bonchev–Trinajstić information content (AvgIpc) is 2.79. The van der Waals surface area contributed by atoms with Crippen LogP contribution in [0.3, 0.4) is 0 Å². The van der Waals surface area contributed by atoms with Gasteiger partial charge in [-0.3, -0.25) is 14.7 Å². The molecule has 0 aliphatic carbocycles. The molecule has 30 heavy (non-hydrogen) atoms. The number of carbonyl (C=O) groups excluding carboxylic acids is 1. The summed E-state index contributed by atoms with van der Waals surface area (Å²) in [5, 5.41) is 0. The molecule has 0 saturated carbocycles. The van der Waals surface area contributed by atoms with E-state index < -0.39 is 0 Å². The first-order valence-corrected chi connectivity index (χ1v) is 11.2. The lowest BCUT2D eigenvalue weighted by atomic mass is 9.91. The first-order valence-electron chi connectivity index (χ1n) is 11.2. The summed E-state index contributed by atoms with van der Waals surface area (Å²) in [5.41, 5.74) is 3.57. The van der Waals surface area contributed by atoms with Crippen LogP contribution in [0.5, 0.6) is 5.75 Å². The van der Waals surface area contributed by atoms with Crippen molar-refractivity contribution in [2.75, 3.05) is 33.3 Å². The van der Waals surface area contributed by atoms with Gasteiger partial charge >= 0.3 is 0 Å². The van der Waals surface area contributed by atoms with Crippen molar-refractivity contribution >= 4 is 5.91 Å². The molecule has 2 aliphatic rings. The number of carbonyl (C=O) groups is 1. The summed E-state index contributed by atoms with van der Waals surface area (Å²) in [4.78, 5) is 21.3. The third-order valence-electron chi connectivity index (χ3n) is 6.64. The van der Waals surface area contributed by atoms with Crippen LogP contribution in [0.25, 0.3) is 0 Å². The molecule has 1 aromatic heterocycles. The maximum Gasteiger partial charge on any atom is 0.219 e. The van der Waals surface area contributed by atoms with Gasteiger partial charge in [0.25, 0.3) is 0 Å². The second-order valence-corrected chi connectivity index (χ2v) is 8.65. The van der Waals surface area contributed by atoms with Crippen LogP contribution in [-0.2, 0) is 11.2 Å². The second-order valence-electron chi connectivity index (χ2n) is 8.65. The molecule has 4 rings (SSSR count). The van der Waals surface area contributed by atoms with E-state index in [9.17, 15) is 4.79 Å². The zero-order chi connectivity index (χ0) is 20.9. The number of nitrogens with zero attached hydrogens (tertiary/aromatic N) is 3. The van der Waals surface area contributed by atoms with Gasteiger partial charge in [-0.15, -0.1) is 0 Å². The lowest BCUT2D eigenvalue weighted by molar-refractivity contribution is -0.130. The summed E-state index contributed by atoms with van der Waals surface area (Å²) >= 11 is 0. The Bertz CT molecular complexity index is 861. The Labute approximate surface area is 180 Å². The standard InChI is InChI=1S/C25H33N3O2/c1-19(29)27-14-11-23(12-15-27)28-13-5-7-21(18-28)25-10-4-8-22(26-25)16-20-6-3-9-24(17-20)30-2/h3-4,6,8-10,17,21,23H,5,7,11-16,18H2,1-2H3/t21-/m1/s1. The molecule has 0 spiro atoms. The van der Waals surface area contributed by atoms with Gasteiger partial charge in [0.1, 0.15) is 5.75 Å². The highest BCUT2D eigenvalue weighted by atomic mass is 16.5. The van der Waals surface area contributed by atoms with Crippen LogP contribution >= 0.6 is 0 Å². The van der Waals surface area contributed by atoms with Crippen LogP contribution in [0.1, 0.15) is 55.5 Å². The van der Waals surface area contributed by atoms with Crippen LogP contribution in [0.4, 0.5) is 0 Å². The van der Waals surface area contributed by atoms with Gasteiger partial charge in [-0.25, -0.2) is 0 Å². The predicted octanol–water partition coefficient (Wildman–Crippen LogP) is 3.87. The summed E-state index contributed by atoms with van der Waals surface area (Å²) in [5.74, 6) is 1.60. The van der Waals surface area contributed by atoms with Crippen molar-refractivity contribution in [3.8, 4) is 5.75 Å². The fourth-order valence-corrected chi connectivity index (χ4v) is 4.94. The topological polar surface area (TPSA) is 45.7 Å². The highest BCUT2D eigenvalue weighted by Crippen LogP contribution is 2.29. The second kappa shape index (κ2) is 9.61. The zero-order valence-corrected chi connectivity index (χ0v) is 18.2. The van der Waals surface area contributed by atoms with Gasteiger partial charge in [-0.05, 0) is 62.1 Å². The summed E-state index contributed by atoms with van der Waals surface area (Å²) in [6.45, 7) is 5.73. The number of likely N-dealkylation sites (tertiary alicyclic amines) is 2. The monoisotopic (exact) mass is 407 g/mol. The molecule has 160 valence electrons. The number of benzene rings is 1. The normalized spacial score (nSPS) is 20.9. The Balaban J connectivity index is 1.40. The number of amides is 1. The van der Waals surface area contributed by atoms with Crippen molar-refractivity contribution < 1.29 is 9.53 Å². The van der Waals surface area contributed by atoms with Crippen molar-refractivity contribution in [3.05, 3.63) is 59.4 Å². The van der Waals surface area contributed by atoms with Crippen molar-refractivity contribution in [2.24, 2.45) is 0 Å². The highest BCUT2D eigenvalue weighted by molar-refractivity contribution is 5.73. The Morgan fingerprint density at radius 2 is 1.90 bits per heavy atom. The Kier molecular flexibility index (Phi) is 6.68. The third-order valence-corrected chi connectivity index (χ3v) is 6.64. The van der Waals surface area contributed by atoms with Gasteiger partial charge in [-0.2, -0.15) is 0 Å². The minimum absolute atomic E-state index is 0.210. The van der Waals surface area contributed by atoms with Crippen molar-refractivity contribution in [1.82, 2.24) is 14.8 Å². The molecule has 2 saturated heterocycles. The Morgan fingerprint density at radius 3 is 2.67 bits per heavy atom. The lowest BCUT2D eigenvalue weighted by Gasteiger charge is -2.42. The maximum absolute atomic E-state index is 11.6. The zero-order valence-electron chi connectivity index (χ0n) is 18.2. The van der Waals surface area contributed by atoms with Gasteiger partial charge in [-0.1, -0.05) is 18.2 Å². The first kappa shape index (κ1) is 20.9. The summed E-state index contributed by atoms with van der Waals surface area (Å²) in [6, 6.07) is 15.3. The highest BCUT2D eigenvalue weighted by Gasteiger charge is 2.30. The third kappa shape index (κ3) is 5.01. The fraction of sp³-hybridized carbons (Fsp3) is 0.520. The van der Waals surface area contributed by atoms with Crippen LogP contribution < -0.4 is 4.74 Å². The van der Waals surface area contributed by atoms with E-state index in [4.69, 9.17) is 9.72 Å². The van der Waals surface area contributed by atoms with Gasteiger partial charge in [0.05, 0.1) is 7.11 Å². The van der Waals surface area contributed by atoms with Crippen LogP contribution in [0.15, 0.2) is 42.5 Å². The van der Waals surface area contributed by atoms with Crippen molar-refractivity contribution in [3.63, 3.8) is 0 Å². The maximum atomic E-state index is 11.6. The van der Waals surface area contributed by atoms with Crippen LogP contribution in [0.2, 0.25) is 0 Å². The molecule has 0 unspecified atom stereocenters. The molecule has 1 atom stereocenters. The fourth-order valence-electron chi connectivity index (χ4n) is 4.94. The molecule has 5 nitrogen and oxygen atoms in total. The molecular weight excluding hydrogens is 374 g/mol.